The molecule has 0 aromatic rings. The molecule has 16 nitrogen and oxygen atoms in total. The van der Waals surface area contributed by atoms with Gasteiger partial charge in [-0.15, -0.1) is 0 Å². The van der Waals surface area contributed by atoms with Gasteiger partial charge in [-0.25, -0.2) is 9.13 Å². The molecule has 0 heterocycles. The monoisotopic (exact) mass is 1160 g/mol. The lowest BCUT2D eigenvalue weighted by Gasteiger charge is -2.21. The topological polar surface area (TPSA) is 231 Å². The highest BCUT2D eigenvalue weighted by atomic mass is 31.2. The molecule has 0 aliphatic rings. The van der Waals surface area contributed by atoms with Gasteiger partial charge in [0.05, 0.1) is 26.4 Å². The van der Waals surface area contributed by atoms with Gasteiger partial charge in [-0.05, 0) is 64.2 Å². The van der Waals surface area contributed by atoms with E-state index in [1.807, 2.05) is 0 Å². The molecule has 0 saturated carbocycles. The van der Waals surface area contributed by atoms with Crippen LogP contribution in [-0.2, 0) is 55.8 Å². The predicted octanol–water partition coefficient (Wildman–Crippen LogP) is 15.9. The highest BCUT2D eigenvalue weighted by molar-refractivity contribution is 7.47. The van der Waals surface area contributed by atoms with Crippen molar-refractivity contribution in [3.63, 3.8) is 0 Å². The molecule has 79 heavy (non-hydrogen) atoms. The largest absolute Gasteiger partial charge is 0.472 e. The second-order valence-corrected chi connectivity index (χ2v) is 23.4. The number of rotatable bonds is 58. The average molecular weight is 1160 g/mol. The summed E-state index contributed by atoms with van der Waals surface area (Å²) in [6.45, 7) is 2.50. The summed E-state index contributed by atoms with van der Waals surface area (Å²) in [6.07, 6.45) is 52.9. The van der Waals surface area contributed by atoms with Crippen molar-refractivity contribution >= 4 is 33.6 Å². The van der Waals surface area contributed by atoms with E-state index in [2.05, 4.69) is 81.5 Å². The Morgan fingerprint density at radius 2 is 0.671 bits per heavy atom. The second-order valence-electron chi connectivity index (χ2n) is 20.5. The summed E-state index contributed by atoms with van der Waals surface area (Å²) in [5, 5.41) is 20.4. The molecule has 4 N–H and O–H groups in total. The van der Waals surface area contributed by atoms with Gasteiger partial charge >= 0.3 is 33.6 Å². The Labute approximate surface area is 478 Å². The number of phosphoric acid groups is 2. The third-order valence-electron chi connectivity index (χ3n) is 12.8. The molecule has 0 aromatic carbocycles. The van der Waals surface area contributed by atoms with Crippen molar-refractivity contribution in [2.45, 2.75) is 270 Å². The Morgan fingerprint density at radius 3 is 1.06 bits per heavy atom. The van der Waals surface area contributed by atoms with E-state index < -0.39 is 91.5 Å². The molecule has 0 aromatic heterocycles. The van der Waals surface area contributed by atoms with Crippen LogP contribution in [0.2, 0.25) is 0 Å². The highest BCUT2D eigenvalue weighted by Gasteiger charge is 2.29. The standard InChI is InChI=1S/C61H110O16P2/c1-4-7-10-13-16-19-22-24-25-26-27-28-29-31-34-35-38-41-44-47-59(64)71-50-56(62)51-73-78(67,68)74-52-57(63)53-75-79(69,70)76-55-58(77-61(66)49-46-43-40-37-32-21-18-15-12-9-6-3)54-72-60(65)48-45-42-39-36-33-30-23-20-17-14-11-8-5-2/h7,10,16,19,24-25,27-28,31,34,56-58,62-63H,4-6,8-9,11-15,17-18,20-23,26,29-30,32-33,35-55H2,1-3H3,(H,67,68)(H,69,70)/b10-7-,19-16-,25-24-,28-27-,34-31-. The maximum Gasteiger partial charge on any atom is 0.472 e. The highest BCUT2D eigenvalue weighted by Crippen LogP contribution is 2.45. The maximum absolute atomic E-state index is 12.8. The van der Waals surface area contributed by atoms with E-state index in [0.717, 1.165) is 96.3 Å². The SMILES string of the molecule is CC/C=C\C/C=C\C/C=C\C/C=C\C/C=C\CCCCCC(=O)OCC(O)COP(=O)(O)OCC(O)COP(=O)(O)OCC(COC(=O)CCCCCCCCCCCCCCC)OC(=O)CCCCCCCCCCCCC. The van der Waals surface area contributed by atoms with E-state index in [4.69, 9.17) is 32.3 Å². The molecule has 460 valence electrons. The van der Waals surface area contributed by atoms with Crippen LogP contribution < -0.4 is 0 Å². The first kappa shape index (κ1) is 76.2. The molecule has 0 aliphatic heterocycles. The number of carbonyl (C=O) groups is 3. The molecule has 0 aliphatic carbocycles. The zero-order valence-corrected chi connectivity index (χ0v) is 51.1. The Balaban J connectivity index is 4.61. The number of phosphoric ester groups is 2. The van der Waals surface area contributed by atoms with Gasteiger partial charge in [0.15, 0.2) is 6.10 Å². The number of aliphatic hydroxyl groups is 2. The van der Waals surface area contributed by atoms with Gasteiger partial charge in [0.25, 0.3) is 0 Å². The molecular formula is C61H110O16P2. The third kappa shape index (κ3) is 56.9. The summed E-state index contributed by atoms with van der Waals surface area (Å²) in [5.74, 6) is -1.59. The predicted molar refractivity (Wildman–Crippen MR) is 316 cm³/mol. The molecule has 0 bridgehead atoms. The Hall–Kier alpha value is -2.75. The van der Waals surface area contributed by atoms with E-state index in [0.29, 0.717) is 19.3 Å². The van der Waals surface area contributed by atoms with Crippen LogP contribution in [0.1, 0.15) is 252 Å². The lowest BCUT2D eigenvalue weighted by molar-refractivity contribution is -0.161. The number of ether oxygens (including phenoxy) is 3. The van der Waals surface area contributed by atoms with E-state index in [1.54, 1.807) is 0 Å². The third-order valence-corrected chi connectivity index (χ3v) is 14.7. The van der Waals surface area contributed by atoms with Crippen LogP contribution in [-0.4, -0.2) is 95.9 Å². The minimum absolute atomic E-state index is 0.110. The van der Waals surface area contributed by atoms with Gasteiger partial charge in [0.2, 0.25) is 0 Å². The van der Waals surface area contributed by atoms with Crippen molar-refractivity contribution in [1.29, 1.82) is 0 Å². The molecule has 5 unspecified atom stereocenters. The molecule has 5 atom stereocenters. The lowest BCUT2D eigenvalue weighted by Crippen LogP contribution is -2.30. The van der Waals surface area contributed by atoms with Crippen LogP contribution >= 0.6 is 15.6 Å². The summed E-state index contributed by atoms with van der Waals surface area (Å²) in [7, 11) is -9.75. The van der Waals surface area contributed by atoms with Crippen LogP contribution in [0.15, 0.2) is 60.8 Å². The first-order chi connectivity index (χ1) is 38.2. The van der Waals surface area contributed by atoms with Crippen molar-refractivity contribution < 1.29 is 75.8 Å². The van der Waals surface area contributed by atoms with Gasteiger partial charge < -0.3 is 34.2 Å². The molecule has 0 spiro atoms. The number of carbonyl (C=O) groups excluding carboxylic acids is 3. The zero-order chi connectivity index (χ0) is 58.2. The lowest BCUT2D eigenvalue weighted by atomic mass is 10.0. The number of aliphatic hydroxyl groups excluding tert-OH is 2. The molecule has 0 rings (SSSR count). The minimum atomic E-state index is -4.91. The normalized spacial score (nSPS) is 14.9. The first-order valence-electron chi connectivity index (χ1n) is 30.6. The van der Waals surface area contributed by atoms with Crippen molar-refractivity contribution in [2.75, 3.05) is 39.6 Å². The van der Waals surface area contributed by atoms with Gasteiger partial charge in [-0.3, -0.25) is 32.5 Å². The smallest absolute Gasteiger partial charge is 0.463 e. The molecule has 0 saturated heterocycles. The van der Waals surface area contributed by atoms with Crippen molar-refractivity contribution in [3.05, 3.63) is 60.8 Å². The fourth-order valence-corrected chi connectivity index (χ4v) is 9.65. The van der Waals surface area contributed by atoms with Crippen molar-refractivity contribution in [2.24, 2.45) is 0 Å². The fraction of sp³-hybridized carbons (Fsp3) is 0.787. The Bertz CT molecular complexity index is 1700. The number of unbranched alkanes of at least 4 members (excludes halogenated alkanes) is 25. The summed E-state index contributed by atoms with van der Waals surface area (Å²) >= 11 is 0. The van der Waals surface area contributed by atoms with Gasteiger partial charge in [-0.1, -0.05) is 229 Å². The zero-order valence-electron chi connectivity index (χ0n) is 49.3. The molecule has 0 amide bonds. The molecule has 0 fully saturated rings. The van der Waals surface area contributed by atoms with Crippen molar-refractivity contribution in [3.8, 4) is 0 Å². The molecule has 0 radical (unpaired) electrons. The average Bonchev–Trinajstić information content (AvgIpc) is 3.42. The first-order valence-corrected chi connectivity index (χ1v) is 33.6. The maximum atomic E-state index is 12.8. The quantitative estimate of drug-likeness (QED) is 0.0146. The van der Waals surface area contributed by atoms with E-state index >= 15 is 0 Å². The van der Waals surface area contributed by atoms with Crippen LogP contribution in [0.4, 0.5) is 0 Å². The molecular weight excluding hydrogens is 1050 g/mol. The minimum Gasteiger partial charge on any atom is -0.463 e. The number of hydrogen-bond donors (Lipinski definition) is 4. The van der Waals surface area contributed by atoms with Crippen LogP contribution in [0, 0.1) is 0 Å². The summed E-state index contributed by atoms with van der Waals surface area (Å²) in [5.41, 5.74) is 0. The number of esters is 3. The van der Waals surface area contributed by atoms with Crippen LogP contribution in [0.3, 0.4) is 0 Å². The van der Waals surface area contributed by atoms with Gasteiger partial charge in [-0.2, -0.15) is 0 Å². The van der Waals surface area contributed by atoms with Crippen LogP contribution in [0.25, 0.3) is 0 Å². The van der Waals surface area contributed by atoms with Gasteiger partial charge in [0, 0.05) is 19.3 Å². The van der Waals surface area contributed by atoms with Gasteiger partial charge in [0.1, 0.15) is 25.4 Å². The van der Waals surface area contributed by atoms with E-state index in [-0.39, 0.29) is 19.3 Å². The fourth-order valence-electron chi connectivity index (χ4n) is 8.07. The number of allylic oxidation sites excluding steroid dienone is 10. The Morgan fingerprint density at radius 1 is 0.367 bits per heavy atom. The van der Waals surface area contributed by atoms with Crippen molar-refractivity contribution in [1.82, 2.24) is 0 Å². The Kier molecular flexibility index (Phi) is 53.8. The summed E-state index contributed by atoms with van der Waals surface area (Å²) in [6, 6.07) is 0. The number of hydrogen-bond acceptors (Lipinski definition) is 14. The summed E-state index contributed by atoms with van der Waals surface area (Å²) in [4.78, 5) is 58.0. The van der Waals surface area contributed by atoms with Crippen LogP contribution in [0.5, 0.6) is 0 Å². The molecule has 18 heteroatoms. The van der Waals surface area contributed by atoms with E-state index in [1.165, 1.54) is 96.3 Å². The summed E-state index contributed by atoms with van der Waals surface area (Å²) < 4.78 is 60.6. The second kappa shape index (κ2) is 55.8. The van der Waals surface area contributed by atoms with E-state index in [9.17, 15) is 43.5 Å².